The Hall–Kier alpha value is -4.75. The van der Waals surface area contributed by atoms with Gasteiger partial charge in [-0.15, -0.1) is 0 Å². The molecule has 0 N–H and O–H groups in total. The van der Waals surface area contributed by atoms with Gasteiger partial charge in [0.25, 0.3) is 0 Å². The van der Waals surface area contributed by atoms with E-state index in [1.807, 2.05) is 0 Å². The first-order valence-corrected chi connectivity index (χ1v) is 16.4. The maximum atomic E-state index is 5.88. The van der Waals surface area contributed by atoms with Gasteiger partial charge in [0.05, 0.1) is 16.8 Å². The molecule has 1 nitrogen and oxygen atoms in total. The van der Waals surface area contributed by atoms with Crippen LogP contribution in [0.3, 0.4) is 0 Å². The van der Waals surface area contributed by atoms with Gasteiger partial charge in [0.1, 0.15) is 0 Å². The molecule has 0 fully saturated rings. The van der Waals surface area contributed by atoms with Gasteiger partial charge in [-0.3, -0.25) is 4.99 Å². The highest BCUT2D eigenvalue weighted by Crippen LogP contribution is 2.78. The zero-order valence-corrected chi connectivity index (χ0v) is 26.5. The molecule has 0 aromatic heterocycles. The monoisotopic (exact) mass is 581 g/mol. The van der Waals surface area contributed by atoms with Crippen molar-refractivity contribution in [2.24, 2.45) is 33.6 Å². The van der Waals surface area contributed by atoms with Crippen LogP contribution in [0, 0.1) is 28.6 Å². The van der Waals surface area contributed by atoms with Crippen molar-refractivity contribution in [1.82, 2.24) is 0 Å². The van der Waals surface area contributed by atoms with E-state index < -0.39 is 5.41 Å². The Balaban J connectivity index is 1.63. The summed E-state index contributed by atoms with van der Waals surface area (Å²) in [7, 11) is 0. The third-order valence-electron chi connectivity index (χ3n) is 10.7. The van der Waals surface area contributed by atoms with Crippen molar-refractivity contribution >= 4 is 28.1 Å². The molecular weight excluding hydrogens is 542 g/mol. The minimum atomic E-state index is -0.493. The largest absolute Gasteiger partial charge is 0.251 e. The van der Waals surface area contributed by atoms with Gasteiger partial charge in [-0.25, -0.2) is 0 Å². The van der Waals surface area contributed by atoms with E-state index in [4.69, 9.17) is 4.99 Å². The molecule has 1 spiro atoms. The van der Waals surface area contributed by atoms with Gasteiger partial charge in [0, 0.05) is 22.5 Å². The van der Waals surface area contributed by atoms with Gasteiger partial charge in [-0.05, 0) is 50.8 Å². The molecule has 2 bridgehead atoms. The predicted octanol–water partition coefficient (Wildman–Crippen LogP) is 11.0. The van der Waals surface area contributed by atoms with Crippen LogP contribution in [0.15, 0.2) is 162 Å². The minimum absolute atomic E-state index is 0.144. The fourth-order valence-corrected chi connectivity index (χ4v) is 8.99. The summed E-state index contributed by atoms with van der Waals surface area (Å²) < 4.78 is 0. The second-order valence-electron chi connectivity index (χ2n) is 13.5. The van der Waals surface area contributed by atoms with Gasteiger partial charge >= 0.3 is 0 Å². The maximum absolute atomic E-state index is 5.88. The van der Waals surface area contributed by atoms with Gasteiger partial charge < -0.3 is 0 Å². The van der Waals surface area contributed by atoms with E-state index in [0.29, 0.717) is 11.8 Å². The Kier molecular flexibility index (Phi) is 6.43. The summed E-state index contributed by atoms with van der Waals surface area (Å²) in [5.41, 5.74) is 13.4. The smallest absolute Gasteiger partial charge is 0.0765 e. The zero-order chi connectivity index (χ0) is 30.8. The summed E-state index contributed by atoms with van der Waals surface area (Å²) in [6.07, 6.45) is 9.93. The highest BCUT2D eigenvalue weighted by molar-refractivity contribution is 6.29. The van der Waals surface area contributed by atoms with E-state index in [2.05, 4.69) is 173 Å². The minimum Gasteiger partial charge on any atom is -0.251 e. The van der Waals surface area contributed by atoms with Crippen molar-refractivity contribution in [3.8, 4) is 0 Å². The van der Waals surface area contributed by atoms with Crippen LogP contribution in [0.2, 0.25) is 0 Å². The molecule has 220 valence electrons. The Morgan fingerprint density at radius 2 is 1.13 bits per heavy atom. The fourth-order valence-electron chi connectivity index (χ4n) is 8.99. The van der Waals surface area contributed by atoms with Crippen LogP contribution in [-0.2, 0) is 0 Å². The first-order valence-electron chi connectivity index (χ1n) is 16.4. The van der Waals surface area contributed by atoms with Crippen molar-refractivity contribution in [2.45, 2.75) is 27.7 Å². The third-order valence-corrected chi connectivity index (χ3v) is 10.7. The quantitative estimate of drug-likeness (QED) is 0.215. The summed E-state index contributed by atoms with van der Waals surface area (Å²) in [5.74, 6) is 0.775. The molecule has 0 unspecified atom stereocenters. The van der Waals surface area contributed by atoms with Gasteiger partial charge in [-0.2, -0.15) is 0 Å². The number of aliphatic imine (C=N–C) groups is 1. The molecule has 3 atom stereocenters. The van der Waals surface area contributed by atoms with Crippen LogP contribution in [0.5, 0.6) is 0 Å². The number of hydrogen-bond donors (Lipinski definition) is 0. The molecule has 4 aromatic carbocycles. The third kappa shape index (κ3) is 3.70. The van der Waals surface area contributed by atoms with Crippen molar-refractivity contribution < 1.29 is 0 Å². The van der Waals surface area contributed by atoms with E-state index in [1.54, 1.807) is 0 Å². The van der Waals surface area contributed by atoms with E-state index in [1.165, 1.54) is 55.8 Å². The summed E-state index contributed by atoms with van der Waals surface area (Å²) in [4.78, 5) is 5.88. The molecule has 0 saturated carbocycles. The Labute approximate surface area is 267 Å². The lowest BCUT2D eigenvalue weighted by atomic mass is 9.46. The summed E-state index contributed by atoms with van der Waals surface area (Å²) in [6, 6.07) is 44.3. The summed E-state index contributed by atoms with van der Waals surface area (Å²) >= 11 is 0. The van der Waals surface area contributed by atoms with Crippen LogP contribution in [-0.4, -0.2) is 5.71 Å². The average Bonchev–Trinajstić information content (AvgIpc) is 3.43. The lowest BCUT2D eigenvalue weighted by Gasteiger charge is -2.54. The molecule has 8 rings (SSSR count). The standard InChI is InChI=1S/C44H39N/c1-29(2)35-26-17-27-43(30(3)4)37-28-36(31-18-9-5-10-19-31)40-41(34-24-15-8-16-25-34)45-42(35)44(40,43)39(33-22-13-7-14-23-33)38(37)32-20-11-6-12-21-32/h5-30,37H,1-4H3/t37-,43-,44-/m0/s1. The molecule has 3 aliphatic carbocycles. The van der Waals surface area contributed by atoms with Crippen LogP contribution in [0.4, 0.5) is 0 Å². The number of benzene rings is 4. The second kappa shape index (κ2) is 10.4. The molecule has 1 aliphatic heterocycles. The molecule has 45 heavy (non-hydrogen) atoms. The first kappa shape index (κ1) is 27.8. The fraction of sp³-hybridized carbons (Fsp3) is 0.205. The van der Waals surface area contributed by atoms with Gasteiger partial charge in [0.2, 0.25) is 0 Å². The molecule has 1 heterocycles. The van der Waals surface area contributed by atoms with Crippen LogP contribution >= 0.6 is 0 Å². The molecule has 0 saturated heterocycles. The van der Waals surface area contributed by atoms with E-state index >= 15 is 0 Å². The lowest BCUT2D eigenvalue weighted by Crippen LogP contribution is -2.52. The normalized spacial score (nSPS) is 24.9. The average molecular weight is 582 g/mol. The van der Waals surface area contributed by atoms with Crippen molar-refractivity contribution in [2.75, 3.05) is 0 Å². The SMILES string of the molecule is CC(C)C1=CC=C[C@]2(C(C)C)[C@H]3C=C(c4ccccc4)C4=C(c5ccccc5)N=C1[C@]42C(c1ccccc1)=C3c1ccccc1. The summed E-state index contributed by atoms with van der Waals surface area (Å²) in [6.45, 7) is 9.53. The van der Waals surface area contributed by atoms with Crippen LogP contribution in [0.1, 0.15) is 49.9 Å². The molecule has 1 heteroatoms. The summed E-state index contributed by atoms with van der Waals surface area (Å²) in [5, 5.41) is 0. The second-order valence-corrected chi connectivity index (χ2v) is 13.5. The highest BCUT2D eigenvalue weighted by atomic mass is 14.9. The highest BCUT2D eigenvalue weighted by Gasteiger charge is 2.72. The number of rotatable bonds is 6. The van der Waals surface area contributed by atoms with E-state index in [-0.39, 0.29) is 11.3 Å². The van der Waals surface area contributed by atoms with Crippen molar-refractivity contribution in [1.29, 1.82) is 0 Å². The van der Waals surface area contributed by atoms with Crippen molar-refractivity contribution in [3.05, 3.63) is 179 Å². The number of nitrogens with zero attached hydrogens (tertiary/aromatic N) is 1. The lowest BCUT2D eigenvalue weighted by molar-refractivity contribution is 0.158. The molecule has 0 amide bonds. The molecular formula is C44H39N. The maximum Gasteiger partial charge on any atom is 0.0765 e. The van der Waals surface area contributed by atoms with Gasteiger partial charge in [0.15, 0.2) is 0 Å². The van der Waals surface area contributed by atoms with E-state index in [9.17, 15) is 0 Å². The molecule has 4 aromatic rings. The first-order chi connectivity index (χ1) is 22.0. The van der Waals surface area contributed by atoms with Crippen molar-refractivity contribution in [3.63, 3.8) is 0 Å². The van der Waals surface area contributed by atoms with Gasteiger partial charge in [-0.1, -0.05) is 173 Å². The molecule has 0 radical (unpaired) electrons. The topological polar surface area (TPSA) is 12.4 Å². The van der Waals surface area contributed by atoms with Crippen LogP contribution in [0.25, 0.3) is 22.4 Å². The van der Waals surface area contributed by atoms with Crippen LogP contribution < -0.4 is 0 Å². The predicted molar refractivity (Wildman–Crippen MR) is 190 cm³/mol. The molecule has 4 aliphatic rings. The Morgan fingerprint density at radius 1 is 0.600 bits per heavy atom. The number of hydrogen-bond acceptors (Lipinski definition) is 1. The number of allylic oxidation sites excluding steroid dienone is 9. The zero-order valence-electron chi connectivity index (χ0n) is 26.5. The Morgan fingerprint density at radius 3 is 1.69 bits per heavy atom. The van der Waals surface area contributed by atoms with E-state index in [0.717, 1.165) is 5.70 Å². The Bertz CT molecular complexity index is 1970.